The van der Waals surface area contributed by atoms with Gasteiger partial charge in [0.15, 0.2) is 0 Å². The lowest BCUT2D eigenvalue weighted by Crippen LogP contribution is -2.37. The van der Waals surface area contributed by atoms with Gasteiger partial charge in [-0.2, -0.15) is 0 Å². The van der Waals surface area contributed by atoms with Gasteiger partial charge < -0.3 is 10.2 Å². The summed E-state index contributed by atoms with van der Waals surface area (Å²) in [5.41, 5.74) is 1.82. The minimum absolute atomic E-state index is 0.111. The van der Waals surface area contributed by atoms with Crippen LogP contribution >= 0.6 is 11.6 Å². The van der Waals surface area contributed by atoms with Crippen LogP contribution < -0.4 is 10.2 Å². The van der Waals surface area contributed by atoms with Gasteiger partial charge in [-0.05, 0) is 48.7 Å². The standard InChI is InChI=1S/C23H30ClN3O3S/c1-23(2,17-8-7-9-18(24)14-17)16-25-22(28)20-15-19(31(29,30)26(3)4)10-11-21(20)27-12-5-6-13-27/h7-11,14-15H,5-6,12-13,16H2,1-4H3,(H,25,28). The third kappa shape index (κ3) is 5.22. The normalized spacial score (nSPS) is 14.8. The molecule has 0 radical (unpaired) electrons. The molecule has 2 aromatic carbocycles. The lowest BCUT2D eigenvalue weighted by molar-refractivity contribution is 0.0946. The van der Waals surface area contributed by atoms with Crippen LogP contribution in [0.5, 0.6) is 0 Å². The summed E-state index contributed by atoms with van der Waals surface area (Å²) in [5, 5.41) is 3.66. The van der Waals surface area contributed by atoms with Gasteiger partial charge in [-0.25, -0.2) is 12.7 Å². The van der Waals surface area contributed by atoms with Crippen LogP contribution in [0.2, 0.25) is 5.02 Å². The Morgan fingerprint density at radius 1 is 1.13 bits per heavy atom. The molecule has 168 valence electrons. The predicted molar refractivity (Wildman–Crippen MR) is 126 cm³/mol. The summed E-state index contributed by atoms with van der Waals surface area (Å²) in [6.45, 7) is 6.17. The molecule has 3 rings (SSSR count). The first kappa shape index (κ1) is 23.6. The van der Waals surface area contributed by atoms with Crippen LogP contribution in [0.15, 0.2) is 47.4 Å². The third-order valence-electron chi connectivity index (χ3n) is 5.73. The Hall–Kier alpha value is -2.09. The first-order chi connectivity index (χ1) is 14.5. The molecule has 0 unspecified atom stereocenters. The van der Waals surface area contributed by atoms with E-state index in [0.29, 0.717) is 17.1 Å². The molecule has 0 saturated carbocycles. The zero-order chi connectivity index (χ0) is 22.8. The van der Waals surface area contributed by atoms with Gasteiger partial charge in [-0.15, -0.1) is 0 Å². The topological polar surface area (TPSA) is 69.7 Å². The summed E-state index contributed by atoms with van der Waals surface area (Å²) in [6, 6.07) is 12.4. The summed E-state index contributed by atoms with van der Waals surface area (Å²) in [6.07, 6.45) is 2.11. The Bertz CT molecular complexity index is 1060. The fourth-order valence-corrected chi connectivity index (χ4v) is 4.83. The second kappa shape index (κ2) is 9.18. The van der Waals surface area contributed by atoms with Crippen molar-refractivity contribution in [2.45, 2.75) is 37.0 Å². The van der Waals surface area contributed by atoms with E-state index in [2.05, 4.69) is 10.2 Å². The first-order valence-electron chi connectivity index (χ1n) is 10.4. The summed E-state index contributed by atoms with van der Waals surface area (Å²) >= 11 is 6.13. The van der Waals surface area contributed by atoms with Gasteiger partial charge in [0.1, 0.15) is 0 Å². The van der Waals surface area contributed by atoms with Gasteiger partial charge in [0.2, 0.25) is 10.0 Å². The maximum Gasteiger partial charge on any atom is 0.253 e. The highest BCUT2D eigenvalue weighted by Crippen LogP contribution is 2.29. The molecule has 1 aliphatic heterocycles. The molecule has 1 heterocycles. The van der Waals surface area contributed by atoms with Gasteiger partial charge >= 0.3 is 0 Å². The number of hydrogen-bond donors (Lipinski definition) is 1. The summed E-state index contributed by atoms with van der Waals surface area (Å²) in [4.78, 5) is 15.5. The number of anilines is 1. The van der Waals surface area contributed by atoms with E-state index >= 15 is 0 Å². The molecule has 2 aromatic rings. The zero-order valence-corrected chi connectivity index (χ0v) is 20.1. The number of amides is 1. The predicted octanol–water partition coefficient (Wildman–Crippen LogP) is 3.90. The van der Waals surface area contributed by atoms with Crippen molar-refractivity contribution in [1.82, 2.24) is 9.62 Å². The number of carbonyl (C=O) groups is 1. The average molecular weight is 464 g/mol. The highest BCUT2D eigenvalue weighted by Gasteiger charge is 2.27. The number of halogens is 1. The molecular formula is C23H30ClN3O3S. The van der Waals surface area contributed by atoms with Gasteiger partial charge in [-0.1, -0.05) is 37.6 Å². The number of benzene rings is 2. The third-order valence-corrected chi connectivity index (χ3v) is 7.78. The number of hydrogen-bond acceptors (Lipinski definition) is 4. The maximum atomic E-state index is 13.2. The molecule has 1 aliphatic rings. The van der Waals surface area contributed by atoms with Crippen molar-refractivity contribution in [2.24, 2.45) is 0 Å². The minimum atomic E-state index is -3.64. The number of nitrogens with one attached hydrogen (secondary N) is 1. The average Bonchev–Trinajstić information content (AvgIpc) is 3.26. The summed E-state index contributed by atoms with van der Waals surface area (Å²) in [7, 11) is -0.678. The van der Waals surface area contributed by atoms with Crippen molar-refractivity contribution >= 4 is 33.2 Å². The van der Waals surface area contributed by atoms with E-state index in [1.807, 2.05) is 38.1 Å². The maximum absolute atomic E-state index is 13.2. The van der Waals surface area contributed by atoms with E-state index in [1.54, 1.807) is 12.1 Å². The SMILES string of the molecule is CN(C)S(=O)(=O)c1ccc(N2CCCC2)c(C(=O)NCC(C)(C)c2cccc(Cl)c2)c1. The summed E-state index contributed by atoms with van der Waals surface area (Å²) < 4.78 is 26.4. The highest BCUT2D eigenvalue weighted by atomic mass is 35.5. The van der Waals surface area contributed by atoms with Crippen molar-refractivity contribution < 1.29 is 13.2 Å². The largest absolute Gasteiger partial charge is 0.371 e. The quantitative estimate of drug-likeness (QED) is 0.676. The minimum Gasteiger partial charge on any atom is -0.371 e. The molecule has 1 N–H and O–H groups in total. The molecule has 0 aliphatic carbocycles. The van der Waals surface area contributed by atoms with Crippen molar-refractivity contribution in [1.29, 1.82) is 0 Å². The number of nitrogens with zero attached hydrogens (tertiary/aromatic N) is 2. The Morgan fingerprint density at radius 2 is 1.81 bits per heavy atom. The van der Waals surface area contributed by atoms with Crippen LogP contribution in [0.1, 0.15) is 42.6 Å². The molecule has 31 heavy (non-hydrogen) atoms. The number of carbonyl (C=O) groups excluding carboxylic acids is 1. The Balaban J connectivity index is 1.90. The molecule has 0 aromatic heterocycles. The van der Waals surface area contributed by atoms with Gasteiger partial charge in [0.05, 0.1) is 10.5 Å². The first-order valence-corrected chi connectivity index (χ1v) is 12.2. The molecule has 0 spiro atoms. The van der Waals surface area contributed by atoms with E-state index in [0.717, 1.165) is 41.5 Å². The van der Waals surface area contributed by atoms with Crippen molar-refractivity contribution in [2.75, 3.05) is 38.6 Å². The Morgan fingerprint density at radius 3 is 2.42 bits per heavy atom. The second-order valence-corrected chi connectivity index (χ2v) is 11.3. The molecule has 0 atom stereocenters. The fraction of sp³-hybridized carbons (Fsp3) is 0.435. The zero-order valence-electron chi connectivity index (χ0n) is 18.5. The van der Waals surface area contributed by atoms with Crippen molar-refractivity contribution in [3.63, 3.8) is 0 Å². The van der Waals surface area contributed by atoms with Gasteiger partial charge in [-0.3, -0.25) is 4.79 Å². The van der Waals surface area contributed by atoms with Crippen LogP contribution in [0, 0.1) is 0 Å². The van der Waals surface area contributed by atoms with Crippen LogP contribution in [0.4, 0.5) is 5.69 Å². The van der Waals surface area contributed by atoms with Crippen molar-refractivity contribution in [3.05, 3.63) is 58.6 Å². The Kier molecular flexibility index (Phi) is 6.98. The van der Waals surface area contributed by atoms with E-state index in [1.165, 1.54) is 20.2 Å². The van der Waals surface area contributed by atoms with Crippen molar-refractivity contribution in [3.8, 4) is 0 Å². The Labute approximate surface area is 190 Å². The molecule has 1 amide bonds. The van der Waals surface area contributed by atoms with E-state index in [4.69, 9.17) is 11.6 Å². The smallest absolute Gasteiger partial charge is 0.253 e. The molecule has 6 nitrogen and oxygen atoms in total. The molecule has 0 bridgehead atoms. The van der Waals surface area contributed by atoms with Gasteiger partial charge in [0, 0.05) is 49.9 Å². The van der Waals surface area contributed by atoms with Crippen LogP contribution in [0.3, 0.4) is 0 Å². The molecule has 1 saturated heterocycles. The van der Waals surface area contributed by atoms with Gasteiger partial charge in [0.25, 0.3) is 5.91 Å². The number of rotatable bonds is 7. The number of sulfonamides is 1. The lowest BCUT2D eigenvalue weighted by atomic mass is 9.84. The molecule has 8 heteroatoms. The second-order valence-electron chi connectivity index (χ2n) is 8.74. The molecular weight excluding hydrogens is 434 g/mol. The fourth-order valence-electron chi connectivity index (χ4n) is 3.71. The van der Waals surface area contributed by atoms with E-state index in [-0.39, 0.29) is 16.2 Å². The van der Waals surface area contributed by atoms with Crippen LogP contribution in [-0.2, 0) is 15.4 Å². The van der Waals surface area contributed by atoms with Crippen LogP contribution in [0.25, 0.3) is 0 Å². The van der Waals surface area contributed by atoms with Crippen LogP contribution in [-0.4, -0.2) is 52.4 Å². The molecule has 1 fully saturated rings. The summed E-state index contributed by atoms with van der Waals surface area (Å²) in [5.74, 6) is -0.284. The highest BCUT2D eigenvalue weighted by molar-refractivity contribution is 7.89. The van der Waals surface area contributed by atoms with E-state index < -0.39 is 10.0 Å². The lowest BCUT2D eigenvalue weighted by Gasteiger charge is -2.27. The van der Waals surface area contributed by atoms with E-state index in [9.17, 15) is 13.2 Å². The monoisotopic (exact) mass is 463 g/mol.